The Bertz CT molecular complexity index is 1130. The normalized spacial score (nSPS) is 49.0. The van der Waals surface area contributed by atoms with Crippen molar-refractivity contribution in [2.75, 3.05) is 6.54 Å². The molecule has 0 bridgehead atoms. The number of rotatable bonds is 5. The Kier molecular flexibility index (Phi) is 7.68. The van der Waals surface area contributed by atoms with Crippen molar-refractivity contribution in [2.24, 2.45) is 56.7 Å². The number of carbonyl (C=O) groups excluding carboxylic acids is 3. The van der Waals surface area contributed by atoms with Crippen LogP contribution in [0.1, 0.15) is 127 Å². The molecule has 5 nitrogen and oxygen atoms in total. The van der Waals surface area contributed by atoms with E-state index in [1.807, 2.05) is 6.92 Å². The topological polar surface area (TPSA) is 72.5 Å². The molecule has 0 aromatic rings. The second-order valence-corrected chi connectivity index (χ2v) is 16.3. The van der Waals surface area contributed by atoms with Gasteiger partial charge in [0.15, 0.2) is 5.78 Å². The van der Waals surface area contributed by atoms with Gasteiger partial charge in [0.05, 0.1) is 5.41 Å². The fraction of sp³-hybridized carbons (Fsp3) is 0.861. The maximum absolute atomic E-state index is 14.6. The Morgan fingerprint density at radius 2 is 1.68 bits per heavy atom. The molecule has 4 saturated carbocycles. The lowest BCUT2D eigenvalue weighted by molar-refractivity contribution is -0.214. The highest BCUT2D eigenvalue weighted by Gasteiger charge is 2.72. The van der Waals surface area contributed by atoms with E-state index >= 15 is 0 Å². The zero-order valence-electron chi connectivity index (χ0n) is 27.5. The highest BCUT2D eigenvalue weighted by molar-refractivity contribution is 5.96. The maximum atomic E-state index is 14.6. The summed E-state index contributed by atoms with van der Waals surface area (Å²) in [5.74, 6) is 1.50. The Morgan fingerprint density at radius 1 is 0.976 bits per heavy atom. The molecule has 1 amide bonds. The Balaban J connectivity index is 1.58. The van der Waals surface area contributed by atoms with Crippen LogP contribution < -0.4 is 5.32 Å². The van der Waals surface area contributed by atoms with Crippen molar-refractivity contribution in [2.45, 2.75) is 133 Å². The Labute approximate surface area is 249 Å². The third-order valence-electron chi connectivity index (χ3n) is 14.4. The molecule has 11 atom stereocenters. The van der Waals surface area contributed by atoms with Crippen molar-refractivity contribution in [1.82, 2.24) is 5.32 Å². The molecule has 5 rings (SSSR count). The average Bonchev–Trinajstić information content (AvgIpc) is 2.89. The van der Waals surface area contributed by atoms with Crippen LogP contribution in [0, 0.1) is 56.7 Å². The number of carbonyl (C=O) groups is 3. The predicted octanol–water partition coefficient (Wildman–Crippen LogP) is 7.67. The van der Waals surface area contributed by atoms with Crippen LogP contribution in [0.5, 0.6) is 0 Å². The van der Waals surface area contributed by atoms with Crippen molar-refractivity contribution in [3.8, 4) is 0 Å². The molecule has 0 radical (unpaired) electrons. The smallest absolute Gasteiger partial charge is 0.302 e. The molecular weight excluding hydrogens is 510 g/mol. The Morgan fingerprint density at radius 3 is 2.34 bits per heavy atom. The van der Waals surface area contributed by atoms with Crippen molar-refractivity contribution < 1.29 is 19.1 Å². The molecule has 1 N–H and O–H groups in total. The zero-order chi connectivity index (χ0) is 30.2. The molecule has 0 spiro atoms. The van der Waals surface area contributed by atoms with Crippen molar-refractivity contribution in [3.63, 3.8) is 0 Å². The quantitative estimate of drug-likeness (QED) is 0.273. The standard InChI is InChI=1S/C36H57NO4/c1-10-11-20-37-31(40)36(9)27-13-17-35(8)30(33(27,6)16-14-28(36)41-24(4)38)26(39)21-25-29-23(3)22(2)12-15-32(29,5)18-19-34(25,35)7/h21-23,27-30H,10-20H2,1-9H3,(H,37,40)/t22-,23+,27?,28-,29?,30?,32-,33+,34-,35-,36-/m1/s1. The fourth-order valence-electron chi connectivity index (χ4n) is 11.6. The van der Waals surface area contributed by atoms with E-state index in [-0.39, 0.29) is 45.4 Å². The number of amides is 1. The van der Waals surface area contributed by atoms with E-state index in [9.17, 15) is 14.4 Å². The van der Waals surface area contributed by atoms with E-state index in [4.69, 9.17) is 4.74 Å². The summed E-state index contributed by atoms with van der Waals surface area (Å²) in [5, 5.41) is 3.21. The summed E-state index contributed by atoms with van der Waals surface area (Å²) in [7, 11) is 0. The van der Waals surface area contributed by atoms with Crippen LogP contribution in [0.25, 0.3) is 0 Å². The van der Waals surface area contributed by atoms with Gasteiger partial charge >= 0.3 is 5.97 Å². The van der Waals surface area contributed by atoms with Gasteiger partial charge in [0.1, 0.15) is 6.10 Å². The number of esters is 1. The van der Waals surface area contributed by atoms with Crippen LogP contribution >= 0.6 is 0 Å². The van der Waals surface area contributed by atoms with E-state index in [0.29, 0.717) is 36.5 Å². The largest absolute Gasteiger partial charge is 0.461 e. The summed E-state index contributed by atoms with van der Waals surface area (Å²) in [6.45, 7) is 20.8. The predicted molar refractivity (Wildman–Crippen MR) is 163 cm³/mol. The number of fused-ring (bicyclic) bond motifs is 7. The minimum absolute atomic E-state index is 0.0131. The summed E-state index contributed by atoms with van der Waals surface area (Å²) >= 11 is 0. The van der Waals surface area contributed by atoms with E-state index in [0.717, 1.165) is 38.5 Å². The number of allylic oxidation sites excluding steroid dienone is 2. The van der Waals surface area contributed by atoms with Gasteiger partial charge in [0.2, 0.25) is 5.91 Å². The van der Waals surface area contributed by atoms with Gasteiger partial charge in [-0.2, -0.15) is 0 Å². The fourth-order valence-corrected chi connectivity index (χ4v) is 11.6. The number of hydrogen-bond acceptors (Lipinski definition) is 4. The number of unbranched alkanes of at least 4 members (excludes halogenated alkanes) is 1. The average molecular weight is 568 g/mol. The molecule has 4 fully saturated rings. The van der Waals surface area contributed by atoms with Crippen LogP contribution in [0.3, 0.4) is 0 Å². The molecule has 0 heterocycles. The monoisotopic (exact) mass is 567 g/mol. The summed E-state index contributed by atoms with van der Waals surface area (Å²) < 4.78 is 5.92. The third-order valence-corrected chi connectivity index (χ3v) is 14.4. The first-order valence-corrected chi connectivity index (χ1v) is 16.8. The molecule has 0 aliphatic heterocycles. The molecule has 5 heteroatoms. The van der Waals surface area contributed by atoms with E-state index in [1.165, 1.54) is 31.8 Å². The van der Waals surface area contributed by atoms with Crippen molar-refractivity contribution in [1.29, 1.82) is 0 Å². The van der Waals surface area contributed by atoms with Gasteiger partial charge in [-0.1, -0.05) is 60.5 Å². The second kappa shape index (κ2) is 10.2. The third kappa shape index (κ3) is 4.24. The minimum Gasteiger partial charge on any atom is -0.461 e. The maximum Gasteiger partial charge on any atom is 0.302 e. The lowest BCUT2D eigenvalue weighted by atomic mass is 9.33. The first kappa shape index (κ1) is 30.8. The number of ether oxygens (including phenoxy) is 1. The van der Waals surface area contributed by atoms with E-state index in [1.54, 1.807) is 0 Å². The number of ketones is 1. The van der Waals surface area contributed by atoms with Gasteiger partial charge in [-0.3, -0.25) is 14.4 Å². The lowest BCUT2D eigenvalue weighted by Gasteiger charge is -2.70. The van der Waals surface area contributed by atoms with Gasteiger partial charge in [0, 0.05) is 19.4 Å². The number of hydrogen-bond donors (Lipinski definition) is 1. The molecule has 0 aromatic carbocycles. The molecule has 5 aliphatic carbocycles. The van der Waals surface area contributed by atoms with Crippen LogP contribution in [-0.2, 0) is 19.1 Å². The molecule has 5 aliphatic rings. The molecule has 41 heavy (non-hydrogen) atoms. The Hall–Kier alpha value is -1.65. The van der Waals surface area contributed by atoms with Gasteiger partial charge in [-0.05, 0) is 116 Å². The highest BCUT2D eigenvalue weighted by atomic mass is 16.5. The highest BCUT2D eigenvalue weighted by Crippen LogP contribution is 2.75. The summed E-state index contributed by atoms with van der Waals surface area (Å²) in [6, 6.07) is 0. The molecular formula is C36H57NO4. The van der Waals surface area contributed by atoms with Gasteiger partial charge < -0.3 is 10.1 Å². The first-order chi connectivity index (χ1) is 19.1. The van der Waals surface area contributed by atoms with Crippen molar-refractivity contribution in [3.05, 3.63) is 11.6 Å². The van der Waals surface area contributed by atoms with Crippen LogP contribution in [-0.4, -0.2) is 30.3 Å². The van der Waals surface area contributed by atoms with E-state index in [2.05, 4.69) is 59.9 Å². The van der Waals surface area contributed by atoms with E-state index < -0.39 is 11.5 Å². The summed E-state index contributed by atoms with van der Waals surface area (Å²) in [5.41, 5.74) is 0.340. The molecule has 3 unspecified atom stereocenters. The van der Waals surface area contributed by atoms with Crippen LogP contribution in [0.4, 0.5) is 0 Å². The van der Waals surface area contributed by atoms with Crippen molar-refractivity contribution >= 4 is 17.7 Å². The first-order valence-electron chi connectivity index (χ1n) is 16.8. The van der Waals surface area contributed by atoms with Gasteiger partial charge in [0.25, 0.3) is 0 Å². The van der Waals surface area contributed by atoms with Gasteiger partial charge in [-0.25, -0.2) is 0 Å². The SMILES string of the molecule is CCCCNC(=O)[C@]1(C)C2CC[C@]3(C)C(C(=O)C=C4C5[C@@H](C)[C@H](C)CC[C@]5(C)CC[C@]43C)[C@@]2(C)CC[C@H]1OC(C)=O. The summed E-state index contributed by atoms with van der Waals surface area (Å²) in [6.07, 6.45) is 11.7. The summed E-state index contributed by atoms with van der Waals surface area (Å²) in [4.78, 5) is 40.9. The van der Waals surface area contributed by atoms with Crippen LogP contribution in [0.2, 0.25) is 0 Å². The zero-order valence-corrected chi connectivity index (χ0v) is 27.5. The molecule has 0 aromatic heterocycles. The number of nitrogens with one attached hydrogen (secondary N) is 1. The molecule has 230 valence electrons. The lowest BCUT2D eigenvalue weighted by Crippen LogP contribution is -2.69. The second-order valence-electron chi connectivity index (χ2n) is 16.3. The minimum atomic E-state index is -0.864. The van der Waals surface area contributed by atoms with Gasteiger partial charge in [-0.15, -0.1) is 0 Å². The van der Waals surface area contributed by atoms with Crippen LogP contribution in [0.15, 0.2) is 11.6 Å². The molecule has 0 saturated heterocycles.